The van der Waals surface area contributed by atoms with Crippen molar-refractivity contribution in [2.75, 3.05) is 0 Å². The maximum atomic E-state index is 11.0. The lowest BCUT2D eigenvalue weighted by molar-refractivity contribution is -0.164. The van der Waals surface area contributed by atoms with Crippen molar-refractivity contribution in [2.45, 2.75) is 96.7 Å². The fourth-order valence-electron chi connectivity index (χ4n) is 7.67. The first-order chi connectivity index (χ1) is 10.6. The molecule has 1 unspecified atom stereocenters. The van der Waals surface area contributed by atoms with E-state index in [-0.39, 0.29) is 5.41 Å². The van der Waals surface area contributed by atoms with Crippen LogP contribution in [0.1, 0.15) is 85.5 Å². The van der Waals surface area contributed by atoms with Crippen LogP contribution in [0.15, 0.2) is 0 Å². The van der Waals surface area contributed by atoms with Gasteiger partial charge in [0.05, 0.1) is 11.2 Å². The maximum Gasteiger partial charge on any atom is 0.0675 e. The lowest BCUT2D eigenvalue weighted by atomic mass is 9.44. The highest BCUT2D eigenvalue weighted by Gasteiger charge is 2.63. The van der Waals surface area contributed by atoms with E-state index in [0.29, 0.717) is 11.3 Å². The Morgan fingerprint density at radius 3 is 2.17 bits per heavy atom. The molecule has 0 aromatic rings. The molecule has 4 saturated carbocycles. The molecule has 23 heavy (non-hydrogen) atoms. The van der Waals surface area contributed by atoms with Gasteiger partial charge in [-0.2, -0.15) is 0 Å². The van der Waals surface area contributed by atoms with Gasteiger partial charge in [-0.3, -0.25) is 0 Å². The Labute approximate surface area is 142 Å². The summed E-state index contributed by atoms with van der Waals surface area (Å²) in [5.74, 6) is 3.06. The molecule has 0 heterocycles. The highest BCUT2D eigenvalue weighted by molar-refractivity contribution is 5.13. The number of hydrogen-bond donors (Lipinski definition) is 2. The van der Waals surface area contributed by atoms with E-state index in [1.54, 1.807) is 0 Å². The number of fused-ring (bicyclic) bond motifs is 5. The van der Waals surface area contributed by atoms with Crippen molar-refractivity contribution in [1.29, 1.82) is 0 Å². The standard InChI is InChI=1S/C21H36O2/c1-18(22)11-12-19(2)14(13-18)5-6-15-16(19)7-9-20(3)17(15)8-10-21(20,4)23/h14-17,22-23H,5-13H2,1-4H3/t14?,15-,16+,17+,18-,19+,20+,21+/m1/s1. The Balaban J connectivity index is 1.63. The molecule has 4 aliphatic rings. The summed E-state index contributed by atoms with van der Waals surface area (Å²) < 4.78 is 0. The molecule has 2 N–H and O–H groups in total. The Bertz CT molecular complexity index is 496. The number of hydrogen-bond acceptors (Lipinski definition) is 2. The number of rotatable bonds is 0. The third-order valence-electron chi connectivity index (χ3n) is 9.52. The third kappa shape index (κ3) is 2.13. The van der Waals surface area contributed by atoms with Gasteiger partial charge in [0.25, 0.3) is 0 Å². The van der Waals surface area contributed by atoms with Gasteiger partial charge in [-0.25, -0.2) is 0 Å². The second-order valence-corrected chi connectivity index (χ2v) is 10.6. The van der Waals surface area contributed by atoms with Crippen molar-refractivity contribution in [2.24, 2.45) is 34.5 Å². The third-order valence-corrected chi connectivity index (χ3v) is 9.52. The van der Waals surface area contributed by atoms with Gasteiger partial charge < -0.3 is 10.2 Å². The fraction of sp³-hybridized carbons (Fsp3) is 1.00. The Hall–Kier alpha value is -0.0800. The van der Waals surface area contributed by atoms with E-state index in [0.717, 1.165) is 37.0 Å². The van der Waals surface area contributed by atoms with E-state index in [9.17, 15) is 10.2 Å². The van der Waals surface area contributed by atoms with Crippen molar-refractivity contribution in [3.8, 4) is 0 Å². The Morgan fingerprint density at radius 1 is 0.739 bits per heavy atom. The van der Waals surface area contributed by atoms with Crippen molar-refractivity contribution in [1.82, 2.24) is 0 Å². The van der Waals surface area contributed by atoms with Gasteiger partial charge in [0.15, 0.2) is 0 Å². The van der Waals surface area contributed by atoms with Crippen LogP contribution in [0.3, 0.4) is 0 Å². The first-order valence-corrected chi connectivity index (χ1v) is 10.0. The van der Waals surface area contributed by atoms with E-state index in [1.165, 1.54) is 38.5 Å². The van der Waals surface area contributed by atoms with E-state index in [2.05, 4.69) is 20.8 Å². The Kier molecular flexibility index (Phi) is 3.39. The predicted octanol–water partition coefficient (Wildman–Crippen LogP) is 4.53. The van der Waals surface area contributed by atoms with Crippen LogP contribution in [0.4, 0.5) is 0 Å². The van der Waals surface area contributed by atoms with Crippen LogP contribution in [0.2, 0.25) is 0 Å². The summed E-state index contributed by atoms with van der Waals surface area (Å²) in [6.07, 6.45) is 10.5. The van der Waals surface area contributed by atoms with Crippen molar-refractivity contribution < 1.29 is 10.2 Å². The maximum absolute atomic E-state index is 11.0. The number of aliphatic hydroxyl groups is 2. The first kappa shape index (κ1) is 16.4. The molecule has 0 aliphatic heterocycles. The van der Waals surface area contributed by atoms with Gasteiger partial charge in [-0.05, 0) is 106 Å². The first-order valence-electron chi connectivity index (χ1n) is 10.0. The van der Waals surface area contributed by atoms with Crippen LogP contribution in [0.25, 0.3) is 0 Å². The summed E-state index contributed by atoms with van der Waals surface area (Å²) in [5, 5.41) is 21.5. The zero-order valence-corrected chi connectivity index (χ0v) is 15.6. The van der Waals surface area contributed by atoms with E-state index < -0.39 is 11.2 Å². The normalized spacial score (nSPS) is 62.3. The summed E-state index contributed by atoms with van der Waals surface area (Å²) >= 11 is 0. The Morgan fingerprint density at radius 2 is 1.43 bits per heavy atom. The van der Waals surface area contributed by atoms with E-state index in [1.807, 2.05) is 6.92 Å². The molecule has 8 atom stereocenters. The molecule has 4 aliphatic carbocycles. The summed E-state index contributed by atoms with van der Waals surface area (Å²) in [4.78, 5) is 0. The molecule has 4 rings (SSSR count). The van der Waals surface area contributed by atoms with Gasteiger partial charge in [0.2, 0.25) is 0 Å². The SMILES string of the molecule is C[C@@]1(O)CC[C@@]2(C)C(CC[C@@H]3[C@@H]2CC[C@@]2(C)[C@H]3CC[C@]2(C)O)C1. The van der Waals surface area contributed by atoms with E-state index >= 15 is 0 Å². The minimum Gasteiger partial charge on any atom is -0.390 e. The van der Waals surface area contributed by atoms with Gasteiger partial charge in [-0.15, -0.1) is 0 Å². The lowest BCUT2D eigenvalue weighted by Gasteiger charge is -2.62. The van der Waals surface area contributed by atoms with Crippen LogP contribution in [-0.2, 0) is 0 Å². The molecule has 0 radical (unpaired) electrons. The molecule has 132 valence electrons. The van der Waals surface area contributed by atoms with Crippen molar-refractivity contribution >= 4 is 0 Å². The topological polar surface area (TPSA) is 40.5 Å². The van der Waals surface area contributed by atoms with E-state index in [4.69, 9.17) is 0 Å². The molecule has 0 aromatic carbocycles. The molecule has 0 amide bonds. The quantitative estimate of drug-likeness (QED) is 0.688. The fourth-order valence-corrected chi connectivity index (χ4v) is 7.67. The summed E-state index contributed by atoms with van der Waals surface area (Å²) in [5.41, 5.74) is -0.327. The summed E-state index contributed by atoms with van der Waals surface area (Å²) in [7, 11) is 0. The van der Waals surface area contributed by atoms with Gasteiger partial charge >= 0.3 is 0 Å². The molecule has 2 heteroatoms. The minimum atomic E-state index is -0.462. The van der Waals surface area contributed by atoms with Crippen LogP contribution in [0, 0.1) is 34.5 Å². The van der Waals surface area contributed by atoms with Gasteiger partial charge in [0, 0.05) is 0 Å². The van der Waals surface area contributed by atoms with Gasteiger partial charge in [-0.1, -0.05) is 13.8 Å². The minimum absolute atomic E-state index is 0.136. The largest absolute Gasteiger partial charge is 0.390 e. The molecule has 0 bridgehead atoms. The lowest BCUT2D eigenvalue weighted by Crippen LogP contribution is -2.57. The van der Waals surface area contributed by atoms with Crippen LogP contribution < -0.4 is 0 Å². The van der Waals surface area contributed by atoms with Gasteiger partial charge in [0.1, 0.15) is 0 Å². The highest BCUT2D eigenvalue weighted by Crippen LogP contribution is 2.68. The molecule has 2 nitrogen and oxygen atoms in total. The van der Waals surface area contributed by atoms with Crippen LogP contribution in [0.5, 0.6) is 0 Å². The molecular weight excluding hydrogens is 284 g/mol. The second-order valence-electron chi connectivity index (χ2n) is 10.6. The zero-order valence-electron chi connectivity index (χ0n) is 15.6. The average Bonchev–Trinajstić information content (AvgIpc) is 2.70. The van der Waals surface area contributed by atoms with Crippen molar-refractivity contribution in [3.05, 3.63) is 0 Å². The monoisotopic (exact) mass is 320 g/mol. The van der Waals surface area contributed by atoms with Crippen LogP contribution in [-0.4, -0.2) is 21.4 Å². The molecule has 0 saturated heterocycles. The molecule has 0 aromatic heterocycles. The smallest absolute Gasteiger partial charge is 0.0675 e. The molecular formula is C21H36O2. The summed E-state index contributed by atoms with van der Waals surface area (Å²) in [6, 6.07) is 0. The van der Waals surface area contributed by atoms with Crippen molar-refractivity contribution in [3.63, 3.8) is 0 Å². The second kappa shape index (κ2) is 4.75. The molecule has 4 fully saturated rings. The zero-order chi connectivity index (χ0) is 16.7. The summed E-state index contributed by atoms with van der Waals surface area (Å²) in [6.45, 7) is 9.06. The predicted molar refractivity (Wildman–Crippen MR) is 93.0 cm³/mol. The molecule has 0 spiro atoms. The van der Waals surface area contributed by atoms with Crippen LogP contribution >= 0.6 is 0 Å². The highest BCUT2D eigenvalue weighted by atomic mass is 16.3. The average molecular weight is 321 g/mol.